The number of methoxy groups -OCH3 is 1. The van der Waals surface area contributed by atoms with Crippen molar-refractivity contribution in [2.45, 2.75) is 20.4 Å². The van der Waals surface area contributed by atoms with E-state index in [1.165, 1.54) is 16.9 Å². The van der Waals surface area contributed by atoms with Crippen molar-refractivity contribution in [1.29, 1.82) is 0 Å². The number of anilines is 1. The van der Waals surface area contributed by atoms with E-state index in [0.717, 1.165) is 18.7 Å². The largest absolute Gasteiger partial charge is 0.465 e. The molecular weight excluding hydrogens is 324 g/mol. The van der Waals surface area contributed by atoms with Gasteiger partial charge in [0.25, 0.3) is 5.91 Å². The van der Waals surface area contributed by atoms with Crippen LogP contribution in [0.2, 0.25) is 0 Å². The molecule has 1 amide bonds. The first-order valence-electron chi connectivity index (χ1n) is 7.88. The number of hydrogen-bond acceptors (Lipinski definition) is 4. The zero-order valence-corrected chi connectivity index (χ0v) is 15.0. The standard InChI is InChI=1S/C18H22N2O3S/c1-4-20(11-15-6-5-9-24-15)12-17(21)19-16-10-14(18(22)23-3)8-7-13(16)2/h5-10H,4,11-12H2,1-3H3,(H,19,21)/p+1. The van der Waals surface area contributed by atoms with Crippen molar-refractivity contribution in [3.05, 3.63) is 51.7 Å². The Hall–Kier alpha value is -2.18. The summed E-state index contributed by atoms with van der Waals surface area (Å²) in [7, 11) is 1.34. The highest BCUT2D eigenvalue weighted by atomic mass is 32.1. The Morgan fingerprint density at radius 2 is 2.08 bits per heavy atom. The Balaban J connectivity index is 2.01. The molecule has 0 spiro atoms. The third-order valence-corrected chi connectivity index (χ3v) is 4.72. The topological polar surface area (TPSA) is 59.8 Å². The molecule has 2 N–H and O–H groups in total. The Bertz CT molecular complexity index is 698. The second-order valence-corrected chi connectivity index (χ2v) is 6.64. The molecule has 128 valence electrons. The van der Waals surface area contributed by atoms with Crippen LogP contribution >= 0.6 is 11.3 Å². The quantitative estimate of drug-likeness (QED) is 0.752. The molecule has 0 aliphatic rings. The number of carbonyl (C=O) groups excluding carboxylic acids is 2. The zero-order chi connectivity index (χ0) is 17.5. The summed E-state index contributed by atoms with van der Waals surface area (Å²) in [6.45, 7) is 6.05. The second-order valence-electron chi connectivity index (χ2n) is 5.61. The fourth-order valence-corrected chi connectivity index (χ4v) is 3.17. The monoisotopic (exact) mass is 347 g/mol. The Kier molecular flexibility index (Phi) is 6.52. The van der Waals surface area contributed by atoms with E-state index in [9.17, 15) is 9.59 Å². The van der Waals surface area contributed by atoms with Crippen LogP contribution in [0.25, 0.3) is 0 Å². The Morgan fingerprint density at radius 3 is 2.71 bits per heavy atom. The van der Waals surface area contributed by atoms with Gasteiger partial charge in [-0.3, -0.25) is 4.79 Å². The smallest absolute Gasteiger partial charge is 0.337 e. The predicted molar refractivity (Wildman–Crippen MR) is 95.5 cm³/mol. The maximum absolute atomic E-state index is 12.4. The average molecular weight is 347 g/mol. The molecule has 0 aliphatic heterocycles. The molecule has 6 heteroatoms. The van der Waals surface area contributed by atoms with Gasteiger partial charge < -0.3 is 15.0 Å². The van der Waals surface area contributed by atoms with Gasteiger partial charge >= 0.3 is 5.97 Å². The Morgan fingerprint density at radius 1 is 1.29 bits per heavy atom. The van der Waals surface area contributed by atoms with Gasteiger partial charge in [0, 0.05) is 5.69 Å². The van der Waals surface area contributed by atoms with Gasteiger partial charge in [0.2, 0.25) is 0 Å². The van der Waals surface area contributed by atoms with E-state index >= 15 is 0 Å². The van der Waals surface area contributed by atoms with E-state index in [4.69, 9.17) is 4.74 Å². The van der Waals surface area contributed by atoms with E-state index in [-0.39, 0.29) is 5.91 Å². The van der Waals surface area contributed by atoms with Crippen molar-refractivity contribution < 1.29 is 19.2 Å². The van der Waals surface area contributed by atoms with Gasteiger partial charge in [0.1, 0.15) is 6.54 Å². The highest BCUT2D eigenvalue weighted by molar-refractivity contribution is 7.09. The number of benzene rings is 1. The van der Waals surface area contributed by atoms with E-state index in [2.05, 4.69) is 18.3 Å². The molecule has 0 fully saturated rings. The predicted octanol–water partition coefficient (Wildman–Crippen LogP) is 1.89. The highest BCUT2D eigenvalue weighted by Gasteiger charge is 2.15. The number of ether oxygens (including phenoxy) is 1. The van der Waals surface area contributed by atoms with Crippen molar-refractivity contribution in [1.82, 2.24) is 0 Å². The molecular formula is C18H23N2O3S+. The van der Waals surface area contributed by atoms with Crippen LogP contribution in [0.4, 0.5) is 5.69 Å². The third-order valence-electron chi connectivity index (χ3n) is 3.85. The number of hydrogen-bond donors (Lipinski definition) is 2. The van der Waals surface area contributed by atoms with Crippen molar-refractivity contribution in [2.75, 3.05) is 25.5 Å². The van der Waals surface area contributed by atoms with Gasteiger partial charge in [-0.25, -0.2) is 4.79 Å². The SMILES string of the molecule is CC[NH+](CC(=O)Nc1cc(C(=O)OC)ccc1C)Cc1cccs1. The third kappa shape index (κ3) is 4.91. The van der Waals surface area contributed by atoms with E-state index in [1.54, 1.807) is 29.5 Å². The first-order chi connectivity index (χ1) is 11.5. The van der Waals surface area contributed by atoms with Gasteiger partial charge in [-0.05, 0) is 43.0 Å². The molecule has 0 saturated heterocycles. The molecule has 0 bridgehead atoms. The number of rotatable bonds is 7. The summed E-state index contributed by atoms with van der Waals surface area (Å²) in [6, 6.07) is 9.26. The van der Waals surface area contributed by atoms with E-state index in [0.29, 0.717) is 17.8 Å². The fraction of sp³-hybridized carbons (Fsp3) is 0.333. The molecule has 1 aromatic heterocycles. The minimum atomic E-state index is -0.413. The highest BCUT2D eigenvalue weighted by Crippen LogP contribution is 2.17. The van der Waals surface area contributed by atoms with Crippen molar-refractivity contribution in [3.63, 3.8) is 0 Å². The van der Waals surface area contributed by atoms with Gasteiger partial charge in [-0.2, -0.15) is 0 Å². The zero-order valence-electron chi connectivity index (χ0n) is 14.2. The van der Waals surface area contributed by atoms with Crippen LogP contribution in [0.5, 0.6) is 0 Å². The molecule has 2 rings (SSSR count). The molecule has 1 unspecified atom stereocenters. The molecule has 1 heterocycles. The van der Waals surface area contributed by atoms with Crippen molar-refractivity contribution in [3.8, 4) is 0 Å². The lowest BCUT2D eigenvalue weighted by Crippen LogP contribution is -3.11. The average Bonchev–Trinajstić information content (AvgIpc) is 3.08. The van der Waals surface area contributed by atoms with Gasteiger partial charge in [0.15, 0.2) is 6.54 Å². The number of carbonyl (C=O) groups is 2. The van der Waals surface area contributed by atoms with Crippen LogP contribution in [0.1, 0.15) is 27.7 Å². The summed E-state index contributed by atoms with van der Waals surface area (Å²) in [4.78, 5) is 26.5. The molecule has 0 radical (unpaired) electrons. The summed E-state index contributed by atoms with van der Waals surface area (Å²) in [5, 5.41) is 4.96. The number of amides is 1. The summed E-state index contributed by atoms with van der Waals surface area (Å²) >= 11 is 1.70. The normalized spacial score (nSPS) is 11.8. The first-order valence-corrected chi connectivity index (χ1v) is 8.76. The number of likely N-dealkylation sites (N-methyl/N-ethyl adjacent to an activating group) is 1. The van der Waals surface area contributed by atoms with Crippen LogP contribution in [-0.2, 0) is 16.1 Å². The summed E-state index contributed by atoms with van der Waals surface area (Å²) in [5.41, 5.74) is 1.98. The Labute approximate surface area is 146 Å². The maximum atomic E-state index is 12.4. The van der Waals surface area contributed by atoms with Crippen LogP contribution in [0.3, 0.4) is 0 Å². The van der Waals surface area contributed by atoms with Crippen LogP contribution < -0.4 is 10.2 Å². The number of thiophene rings is 1. The lowest BCUT2D eigenvalue weighted by atomic mass is 10.1. The first kappa shape index (κ1) is 18.2. The molecule has 2 aromatic rings. The molecule has 1 aromatic carbocycles. The lowest BCUT2D eigenvalue weighted by molar-refractivity contribution is -0.903. The second kappa shape index (κ2) is 8.61. The number of esters is 1. The van der Waals surface area contributed by atoms with E-state index < -0.39 is 5.97 Å². The minimum Gasteiger partial charge on any atom is -0.465 e. The number of aryl methyl sites for hydroxylation is 1. The van der Waals surface area contributed by atoms with Crippen LogP contribution in [0.15, 0.2) is 35.7 Å². The molecule has 24 heavy (non-hydrogen) atoms. The lowest BCUT2D eigenvalue weighted by Gasteiger charge is -2.17. The summed E-state index contributed by atoms with van der Waals surface area (Å²) in [5.74, 6) is -0.475. The minimum absolute atomic E-state index is 0.0616. The van der Waals surface area contributed by atoms with Gasteiger partial charge in [-0.1, -0.05) is 12.1 Å². The van der Waals surface area contributed by atoms with Gasteiger partial charge in [-0.15, -0.1) is 11.3 Å². The van der Waals surface area contributed by atoms with Crippen molar-refractivity contribution >= 4 is 28.9 Å². The molecule has 0 aliphatic carbocycles. The number of nitrogens with one attached hydrogen (secondary N) is 2. The fourth-order valence-electron chi connectivity index (χ4n) is 2.40. The molecule has 0 saturated carbocycles. The molecule has 1 atom stereocenters. The van der Waals surface area contributed by atoms with Crippen LogP contribution in [-0.4, -0.2) is 32.1 Å². The van der Waals surface area contributed by atoms with E-state index in [1.807, 2.05) is 18.4 Å². The summed E-state index contributed by atoms with van der Waals surface area (Å²) in [6.07, 6.45) is 0. The van der Waals surface area contributed by atoms with Crippen LogP contribution in [0, 0.1) is 6.92 Å². The summed E-state index contributed by atoms with van der Waals surface area (Å²) < 4.78 is 4.72. The van der Waals surface area contributed by atoms with Gasteiger partial charge in [0.05, 0.1) is 24.1 Å². The maximum Gasteiger partial charge on any atom is 0.337 e. The molecule has 5 nitrogen and oxygen atoms in total. The number of quaternary nitrogens is 1. The van der Waals surface area contributed by atoms with Crippen molar-refractivity contribution in [2.24, 2.45) is 0 Å².